The smallest absolute Gasteiger partial charge is 0.258 e. The molecule has 0 aliphatic rings. The summed E-state index contributed by atoms with van der Waals surface area (Å²) < 4.78 is 0. The number of nitrogens with one attached hydrogen (secondary N) is 2. The fourth-order valence-electron chi connectivity index (χ4n) is 1.16. The summed E-state index contributed by atoms with van der Waals surface area (Å²) in [6.45, 7) is 0. The maximum atomic E-state index is 11.5. The molecule has 0 saturated carbocycles. The number of rotatable bonds is 2. The number of aromatic amines is 1. The number of nitrogens with zero attached hydrogens (tertiary/aromatic N) is 1. The molecule has 2 rings (SSSR count). The summed E-state index contributed by atoms with van der Waals surface area (Å²) in [5, 5.41) is 18.0. The second-order valence-corrected chi connectivity index (χ2v) is 2.99. The van der Waals surface area contributed by atoms with Crippen molar-refractivity contribution >= 4 is 11.6 Å². The Kier molecular flexibility index (Phi) is 2.37. The van der Waals surface area contributed by atoms with E-state index in [0.717, 1.165) is 0 Å². The molecule has 76 valence electrons. The van der Waals surface area contributed by atoms with Gasteiger partial charge in [-0.15, -0.1) is 0 Å². The Bertz CT molecular complexity index is 465. The Morgan fingerprint density at radius 3 is 3.00 bits per heavy atom. The lowest BCUT2D eigenvalue weighted by Gasteiger charge is -2.03. The van der Waals surface area contributed by atoms with Crippen molar-refractivity contribution in [2.75, 3.05) is 5.32 Å². The summed E-state index contributed by atoms with van der Waals surface area (Å²) in [6, 6.07) is 6.35. The Balaban J connectivity index is 2.13. The van der Waals surface area contributed by atoms with Crippen LogP contribution in [-0.4, -0.2) is 21.2 Å². The van der Waals surface area contributed by atoms with E-state index in [9.17, 15) is 9.90 Å². The van der Waals surface area contributed by atoms with Crippen LogP contribution < -0.4 is 5.32 Å². The quantitative estimate of drug-likeness (QED) is 0.689. The summed E-state index contributed by atoms with van der Waals surface area (Å²) in [5.74, 6) is -0.158. The third-order valence-electron chi connectivity index (χ3n) is 1.86. The van der Waals surface area contributed by atoms with E-state index < -0.39 is 0 Å². The molecule has 1 aromatic carbocycles. The number of phenols is 1. The average Bonchev–Trinajstić information content (AvgIpc) is 2.70. The summed E-state index contributed by atoms with van der Waals surface area (Å²) in [4.78, 5) is 11.5. The number of carbonyl (C=O) groups is 1. The number of phenolic OH excluding ortho intramolecular Hbond substituents is 1. The van der Waals surface area contributed by atoms with E-state index in [1.165, 1.54) is 24.5 Å². The lowest BCUT2D eigenvalue weighted by Crippen LogP contribution is -2.10. The number of carbonyl (C=O) groups excluding carboxylic acids is 1. The number of H-pyrrole nitrogens is 1. The van der Waals surface area contributed by atoms with Crippen LogP contribution in [0.4, 0.5) is 5.69 Å². The molecule has 0 fully saturated rings. The van der Waals surface area contributed by atoms with Gasteiger partial charge in [0.05, 0.1) is 11.8 Å². The highest BCUT2D eigenvalue weighted by Crippen LogP contribution is 2.15. The van der Waals surface area contributed by atoms with Gasteiger partial charge < -0.3 is 10.4 Å². The molecular weight excluding hydrogens is 194 g/mol. The molecule has 0 spiro atoms. The highest BCUT2D eigenvalue weighted by atomic mass is 16.3. The van der Waals surface area contributed by atoms with Crippen LogP contribution in [0.3, 0.4) is 0 Å². The summed E-state index contributed by atoms with van der Waals surface area (Å²) in [7, 11) is 0. The van der Waals surface area contributed by atoms with E-state index in [0.29, 0.717) is 11.3 Å². The van der Waals surface area contributed by atoms with Gasteiger partial charge in [-0.25, -0.2) is 0 Å². The van der Waals surface area contributed by atoms with E-state index in [1.807, 2.05) is 0 Å². The van der Waals surface area contributed by atoms with Crippen LogP contribution in [0.15, 0.2) is 36.7 Å². The minimum Gasteiger partial charge on any atom is -0.508 e. The molecule has 0 radical (unpaired) electrons. The van der Waals surface area contributed by atoms with Crippen molar-refractivity contribution in [2.45, 2.75) is 0 Å². The lowest BCUT2D eigenvalue weighted by atomic mass is 10.2. The number of anilines is 1. The van der Waals surface area contributed by atoms with Crippen molar-refractivity contribution < 1.29 is 9.90 Å². The molecule has 0 unspecified atom stereocenters. The van der Waals surface area contributed by atoms with Crippen LogP contribution in [-0.2, 0) is 0 Å². The van der Waals surface area contributed by atoms with Gasteiger partial charge in [-0.05, 0) is 12.1 Å². The number of aromatic nitrogens is 2. The molecule has 1 amide bonds. The van der Waals surface area contributed by atoms with Gasteiger partial charge in [-0.3, -0.25) is 9.89 Å². The van der Waals surface area contributed by atoms with Gasteiger partial charge in [0.25, 0.3) is 5.91 Å². The van der Waals surface area contributed by atoms with Crippen LogP contribution in [0.1, 0.15) is 10.4 Å². The molecule has 0 bridgehead atoms. The van der Waals surface area contributed by atoms with Crippen LogP contribution in [0.5, 0.6) is 5.75 Å². The van der Waals surface area contributed by atoms with Crippen LogP contribution in [0.2, 0.25) is 0 Å². The van der Waals surface area contributed by atoms with Crippen molar-refractivity contribution in [2.24, 2.45) is 0 Å². The maximum Gasteiger partial charge on any atom is 0.258 e. The number of amides is 1. The van der Waals surface area contributed by atoms with Crippen molar-refractivity contribution in [1.82, 2.24) is 10.2 Å². The van der Waals surface area contributed by atoms with E-state index in [4.69, 9.17) is 0 Å². The predicted octanol–water partition coefficient (Wildman–Crippen LogP) is 1.37. The molecule has 1 aromatic heterocycles. The van der Waals surface area contributed by atoms with Gasteiger partial charge >= 0.3 is 0 Å². The van der Waals surface area contributed by atoms with Gasteiger partial charge in [0, 0.05) is 18.0 Å². The summed E-state index contributed by atoms with van der Waals surface area (Å²) >= 11 is 0. The predicted molar refractivity (Wildman–Crippen MR) is 54.6 cm³/mol. The number of aromatic hydroxyl groups is 1. The standard InChI is InChI=1S/C10H9N3O2/c14-9-3-1-2-8(4-9)13-10(15)7-5-11-12-6-7/h1-6,14H,(H,11,12)(H,13,15). The number of hydrogen-bond donors (Lipinski definition) is 3. The minimum atomic E-state index is -0.269. The fourth-order valence-corrected chi connectivity index (χ4v) is 1.16. The zero-order valence-electron chi connectivity index (χ0n) is 7.77. The highest BCUT2D eigenvalue weighted by molar-refractivity contribution is 6.03. The van der Waals surface area contributed by atoms with Gasteiger partial charge in [0.15, 0.2) is 0 Å². The van der Waals surface area contributed by atoms with Gasteiger partial charge in [0.1, 0.15) is 5.75 Å². The lowest BCUT2D eigenvalue weighted by molar-refractivity contribution is 0.102. The second kappa shape index (κ2) is 3.83. The van der Waals surface area contributed by atoms with Crippen LogP contribution in [0, 0.1) is 0 Å². The molecule has 0 aliphatic heterocycles. The molecule has 3 N–H and O–H groups in total. The Labute approximate surface area is 85.8 Å². The molecule has 0 atom stereocenters. The molecule has 2 aromatic rings. The van der Waals surface area contributed by atoms with E-state index >= 15 is 0 Å². The van der Waals surface area contributed by atoms with Crippen molar-refractivity contribution in [1.29, 1.82) is 0 Å². The summed E-state index contributed by atoms with van der Waals surface area (Å²) in [5.41, 5.74) is 0.986. The first-order chi connectivity index (χ1) is 7.25. The van der Waals surface area contributed by atoms with Crippen LogP contribution >= 0.6 is 0 Å². The molecular formula is C10H9N3O2. The third-order valence-corrected chi connectivity index (χ3v) is 1.86. The first kappa shape index (κ1) is 9.26. The molecule has 5 nitrogen and oxygen atoms in total. The molecule has 0 saturated heterocycles. The van der Waals surface area contributed by atoms with Gasteiger partial charge in [-0.2, -0.15) is 5.10 Å². The monoisotopic (exact) mass is 203 g/mol. The SMILES string of the molecule is O=C(Nc1cccc(O)c1)c1cn[nH]c1. The number of benzene rings is 1. The maximum absolute atomic E-state index is 11.5. The Morgan fingerprint density at radius 2 is 2.33 bits per heavy atom. The topological polar surface area (TPSA) is 78.0 Å². The fraction of sp³-hybridized carbons (Fsp3) is 0. The largest absolute Gasteiger partial charge is 0.508 e. The first-order valence-electron chi connectivity index (χ1n) is 4.35. The summed E-state index contributed by atoms with van der Waals surface area (Å²) in [6.07, 6.45) is 2.93. The van der Waals surface area contributed by atoms with Crippen molar-refractivity contribution in [3.8, 4) is 5.75 Å². The van der Waals surface area contributed by atoms with E-state index in [1.54, 1.807) is 12.1 Å². The molecule has 1 heterocycles. The molecule has 5 heteroatoms. The number of hydrogen-bond acceptors (Lipinski definition) is 3. The second-order valence-electron chi connectivity index (χ2n) is 2.99. The van der Waals surface area contributed by atoms with Gasteiger partial charge in [0.2, 0.25) is 0 Å². The first-order valence-corrected chi connectivity index (χ1v) is 4.35. The molecule has 0 aliphatic carbocycles. The van der Waals surface area contributed by atoms with E-state index in [2.05, 4.69) is 15.5 Å². The average molecular weight is 203 g/mol. The van der Waals surface area contributed by atoms with E-state index in [-0.39, 0.29) is 11.7 Å². The zero-order valence-corrected chi connectivity index (χ0v) is 7.77. The zero-order chi connectivity index (χ0) is 10.7. The van der Waals surface area contributed by atoms with Crippen molar-refractivity contribution in [3.63, 3.8) is 0 Å². The molecule has 15 heavy (non-hydrogen) atoms. The highest BCUT2D eigenvalue weighted by Gasteiger charge is 2.06. The van der Waals surface area contributed by atoms with Gasteiger partial charge in [-0.1, -0.05) is 6.07 Å². The Morgan fingerprint density at radius 1 is 1.47 bits per heavy atom. The van der Waals surface area contributed by atoms with Crippen LogP contribution in [0.25, 0.3) is 0 Å². The normalized spacial score (nSPS) is 9.87. The minimum absolute atomic E-state index is 0.111. The van der Waals surface area contributed by atoms with Crippen molar-refractivity contribution in [3.05, 3.63) is 42.2 Å². The third kappa shape index (κ3) is 2.14. The Hall–Kier alpha value is -2.30.